The molecule has 3 atom stereocenters. The average Bonchev–Trinajstić information content (AvgIpc) is 2.67. The third-order valence-electron chi connectivity index (χ3n) is 4.96. The van der Waals surface area contributed by atoms with Crippen LogP contribution in [0.2, 0.25) is 0 Å². The molecule has 1 aliphatic rings. The van der Waals surface area contributed by atoms with E-state index in [2.05, 4.69) is 5.32 Å². The van der Waals surface area contributed by atoms with Gasteiger partial charge in [0.2, 0.25) is 6.23 Å². The van der Waals surface area contributed by atoms with Crippen LogP contribution >= 0.6 is 0 Å². The monoisotopic (exact) mass is 420 g/mol. The van der Waals surface area contributed by atoms with Gasteiger partial charge in [0.1, 0.15) is 0 Å². The van der Waals surface area contributed by atoms with Gasteiger partial charge in [-0.05, 0) is 53.5 Å². The van der Waals surface area contributed by atoms with E-state index in [0.717, 1.165) is 5.56 Å². The number of nitrogens with one attached hydrogen (secondary N) is 1. The summed E-state index contributed by atoms with van der Waals surface area (Å²) in [5, 5.41) is 5.06. The lowest BCUT2D eigenvalue weighted by Crippen LogP contribution is -2.62. The number of hydroxylamine groups is 2. The predicted molar refractivity (Wildman–Crippen MR) is 114 cm³/mol. The smallest absolute Gasteiger partial charge is 0.313 e. The van der Waals surface area contributed by atoms with Crippen molar-refractivity contribution in [3.63, 3.8) is 0 Å². The molecule has 0 aliphatic carbocycles. The molecule has 1 unspecified atom stereocenters. The second-order valence-corrected chi connectivity index (χ2v) is 9.75. The average molecular weight is 421 g/mol. The van der Waals surface area contributed by atoms with Crippen molar-refractivity contribution < 1.29 is 23.9 Å². The van der Waals surface area contributed by atoms with Gasteiger partial charge in [-0.1, -0.05) is 30.3 Å². The van der Waals surface area contributed by atoms with Crippen molar-refractivity contribution in [1.29, 1.82) is 0 Å². The van der Waals surface area contributed by atoms with Crippen molar-refractivity contribution in [2.75, 3.05) is 13.7 Å². The molecule has 1 aromatic carbocycles. The van der Waals surface area contributed by atoms with Crippen LogP contribution in [0.1, 0.15) is 53.5 Å². The van der Waals surface area contributed by atoms with E-state index in [0.29, 0.717) is 19.5 Å². The predicted octanol–water partition coefficient (Wildman–Crippen LogP) is 3.29. The number of rotatable bonds is 6. The van der Waals surface area contributed by atoms with E-state index in [-0.39, 0.29) is 18.0 Å². The number of carbonyl (C=O) groups is 2. The molecule has 1 saturated heterocycles. The van der Waals surface area contributed by atoms with E-state index in [4.69, 9.17) is 14.3 Å². The minimum atomic E-state index is -0.838. The molecule has 1 aliphatic heterocycles. The van der Waals surface area contributed by atoms with Crippen LogP contribution in [0.15, 0.2) is 30.3 Å². The normalized spacial score (nSPS) is 23.1. The van der Waals surface area contributed by atoms with Gasteiger partial charge in [-0.2, -0.15) is 0 Å². The molecule has 0 radical (unpaired) electrons. The molecule has 1 N–H and O–H groups in total. The largest absolute Gasteiger partial charge is 0.455 e. The zero-order valence-corrected chi connectivity index (χ0v) is 19.2. The van der Waals surface area contributed by atoms with Crippen molar-refractivity contribution in [3.8, 4) is 0 Å². The Kier molecular flexibility index (Phi) is 8.02. The fourth-order valence-electron chi connectivity index (χ4n) is 3.03. The van der Waals surface area contributed by atoms with Gasteiger partial charge in [0, 0.05) is 13.1 Å². The highest BCUT2D eigenvalue weighted by atomic mass is 16.7. The summed E-state index contributed by atoms with van der Waals surface area (Å²) in [5.74, 6) is -0.733. The van der Waals surface area contributed by atoms with Gasteiger partial charge in [0.25, 0.3) is 0 Å². The number of nitrogens with zero attached hydrogens (tertiary/aromatic N) is 1. The van der Waals surface area contributed by atoms with Gasteiger partial charge in [0.15, 0.2) is 6.10 Å². The summed E-state index contributed by atoms with van der Waals surface area (Å²) in [6.07, 6.45) is -0.873. The Morgan fingerprint density at radius 1 is 1.00 bits per heavy atom. The summed E-state index contributed by atoms with van der Waals surface area (Å²) in [6, 6.07) is 9.80. The Morgan fingerprint density at radius 3 is 2.10 bits per heavy atom. The Labute approximate surface area is 180 Å². The molecule has 0 amide bonds. The summed E-state index contributed by atoms with van der Waals surface area (Å²) in [7, 11) is 1.53. The molecular formula is C23H36N2O5. The van der Waals surface area contributed by atoms with Gasteiger partial charge in [0.05, 0.1) is 24.0 Å². The molecule has 2 rings (SSSR count). The maximum Gasteiger partial charge on any atom is 0.313 e. The first-order valence-corrected chi connectivity index (χ1v) is 10.4. The van der Waals surface area contributed by atoms with Crippen molar-refractivity contribution in [3.05, 3.63) is 35.9 Å². The lowest BCUT2D eigenvalue weighted by molar-refractivity contribution is -0.282. The number of carbonyl (C=O) groups excluding carboxylic acids is 2. The van der Waals surface area contributed by atoms with Crippen LogP contribution in [-0.2, 0) is 30.4 Å². The SMILES string of the molecule is CON1CCC(NCc2ccccc2)[C@@H](OC(=O)C(C)(C)C)[C@H]1OC(=O)C(C)(C)C. The van der Waals surface area contributed by atoms with Crippen LogP contribution in [0.4, 0.5) is 0 Å². The third kappa shape index (κ3) is 6.52. The van der Waals surface area contributed by atoms with Crippen LogP contribution in [0.25, 0.3) is 0 Å². The van der Waals surface area contributed by atoms with Gasteiger partial charge in [-0.3, -0.25) is 14.4 Å². The van der Waals surface area contributed by atoms with Crippen molar-refractivity contribution in [2.24, 2.45) is 10.8 Å². The first-order valence-electron chi connectivity index (χ1n) is 10.4. The molecule has 7 nitrogen and oxygen atoms in total. The minimum Gasteiger partial charge on any atom is -0.455 e. The molecule has 30 heavy (non-hydrogen) atoms. The highest BCUT2D eigenvalue weighted by molar-refractivity contribution is 5.76. The summed E-state index contributed by atoms with van der Waals surface area (Å²) in [4.78, 5) is 30.8. The Morgan fingerprint density at radius 2 is 1.57 bits per heavy atom. The number of piperidine rings is 1. The number of ether oxygens (including phenoxy) is 2. The fourth-order valence-corrected chi connectivity index (χ4v) is 3.03. The van der Waals surface area contributed by atoms with Gasteiger partial charge < -0.3 is 14.8 Å². The third-order valence-corrected chi connectivity index (χ3v) is 4.96. The standard InChI is InChI=1S/C23H36N2O5/c1-22(2,3)20(26)29-18-17(24-15-16-11-9-8-10-12-16)13-14-25(28-7)19(18)30-21(27)23(4,5)6/h8-12,17-19,24H,13-15H2,1-7H3/t17?,18-,19-/m1/s1. The maximum absolute atomic E-state index is 12.7. The van der Waals surface area contributed by atoms with Crippen molar-refractivity contribution >= 4 is 11.9 Å². The zero-order chi connectivity index (χ0) is 22.5. The second-order valence-electron chi connectivity index (χ2n) is 9.75. The molecular weight excluding hydrogens is 384 g/mol. The Bertz CT molecular complexity index is 709. The van der Waals surface area contributed by atoms with Gasteiger partial charge >= 0.3 is 11.9 Å². The molecule has 0 aromatic heterocycles. The van der Waals surface area contributed by atoms with E-state index in [9.17, 15) is 9.59 Å². The van der Waals surface area contributed by atoms with Crippen LogP contribution in [-0.4, -0.2) is 49.0 Å². The van der Waals surface area contributed by atoms with E-state index >= 15 is 0 Å². The van der Waals surface area contributed by atoms with Crippen molar-refractivity contribution in [2.45, 2.75) is 72.9 Å². The zero-order valence-electron chi connectivity index (χ0n) is 19.2. The molecule has 1 fully saturated rings. The molecule has 1 aromatic rings. The molecule has 0 spiro atoms. The fraction of sp³-hybridized carbons (Fsp3) is 0.652. The number of hydrogen-bond acceptors (Lipinski definition) is 7. The molecule has 168 valence electrons. The van der Waals surface area contributed by atoms with Crippen LogP contribution < -0.4 is 5.32 Å². The molecule has 7 heteroatoms. The summed E-state index contributed by atoms with van der Waals surface area (Å²) in [6.45, 7) is 11.9. The molecule has 0 bridgehead atoms. The maximum atomic E-state index is 12.7. The van der Waals surface area contributed by atoms with Gasteiger partial charge in [-0.25, -0.2) is 0 Å². The number of esters is 2. The summed E-state index contributed by atoms with van der Waals surface area (Å²) in [5.41, 5.74) is -0.254. The first kappa shape index (κ1) is 24.3. The molecule has 1 heterocycles. The van der Waals surface area contributed by atoms with Crippen molar-refractivity contribution in [1.82, 2.24) is 10.4 Å². The van der Waals surface area contributed by atoms with E-state index in [1.54, 1.807) is 46.6 Å². The topological polar surface area (TPSA) is 77.1 Å². The highest BCUT2D eigenvalue weighted by Gasteiger charge is 2.46. The summed E-state index contributed by atoms with van der Waals surface area (Å²) >= 11 is 0. The Balaban J connectivity index is 2.27. The number of benzene rings is 1. The lowest BCUT2D eigenvalue weighted by Gasteiger charge is -2.43. The second kappa shape index (κ2) is 9.90. The van der Waals surface area contributed by atoms with Crippen LogP contribution in [0, 0.1) is 10.8 Å². The van der Waals surface area contributed by atoms with Crippen LogP contribution in [0.3, 0.4) is 0 Å². The van der Waals surface area contributed by atoms with E-state index in [1.807, 2.05) is 30.3 Å². The highest BCUT2D eigenvalue weighted by Crippen LogP contribution is 2.28. The summed E-state index contributed by atoms with van der Waals surface area (Å²) < 4.78 is 11.7. The quantitative estimate of drug-likeness (QED) is 0.708. The van der Waals surface area contributed by atoms with E-state index < -0.39 is 23.2 Å². The minimum absolute atomic E-state index is 0.194. The van der Waals surface area contributed by atoms with Crippen LogP contribution in [0.5, 0.6) is 0 Å². The first-order chi connectivity index (χ1) is 13.9. The lowest BCUT2D eigenvalue weighted by atomic mass is 9.95. The Hall–Kier alpha value is -1.96. The number of hydrogen-bond donors (Lipinski definition) is 1. The molecule has 0 saturated carbocycles. The van der Waals surface area contributed by atoms with Gasteiger partial charge in [-0.15, -0.1) is 5.06 Å². The van der Waals surface area contributed by atoms with E-state index in [1.165, 1.54) is 7.11 Å².